The van der Waals surface area contributed by atoms with E-state index in [0.29, 0.717) is 0 Å². The number of rotatable bonds is 3. The van der Waals surface area contributed by atoms with Gasteiger partial charge in [0.05, 0.1) is 11.0 Å². The molecule has 0 fully saturated rings. The minimum Gasteiger partial charge on any atom is -0.338 e. The van der Waals surface area contributed by atoms with Gasteiger partial charge in [-0.05, 0) is 41.0 Å². The molecule has 24 heavy (non-hydrogen) atoms. The highest BCUT2D eigenvalue weighted by Gasteiger charge is 2.07. The van der Waals surface area contributed by atoms with Crippen molar-refractivity contribution in [1.29, 1.82) is 0 Å². The number of aromatic amines is 1. The molecule has 0 aliphatic rings. The predicted molar refractivity (Wildman–Crippen MR) is 101 cm³/mol. The Balaban J connectivity index is 1.64. The quantitative estimate of drug-likeness (QED) is 0.494. The normalized spacial score (nSPS) is 10.9. The summed E-state index contributed by atoms with van der Waals surface area (Å²) < 4.78 is 0. The Morgan fingerprint density at radius 1 is 0.833 bits per heavy atom. The van der Waals surface area contributed by atoms with Crippen LogP contribution in [0.5, 0.6) is 0 Å². The molecule has 0 radical (unpaired) electrons. The molecule has 2 nitrogen and oxygen atoms in total. The third-order valence-corrected chi connectivity index (χ3v) is 4.34. The molecule has 1 N–H and O–H groups in total. The van der Waals surface area contributed by atoms with Gasteiger partial charge in [0, 0.05) is 10.6 Å². The van der Waals surface area contributed by atoms with Crippen molar-refractivity contribution in [2.45, 2.75) is 0 Å². The molecule has 4 aromatic rings. The van der Waals surface area contributed by atoms with Crippen LogP contribution in [0, 0.1) is 0 Å². The lowest BCUT2D eigenvalue weighted by Crippen LogP contribution is -1.87. The summed E-state index contributed by atoms with van der Waals surface area (Å²) in [5.74, 6) is 0.875. The third-order valence-electron chi connectivity index (χ3n) is 4.09. The van der Waals surface area contributed by atoms with Gasteiger partial charge in [0.1, 0.15) is 5.82 Å². The van der Waals surface area contributed by atoms with Gasteiger partial charge in [-0.2, -0.15) is 0 Å². The minimum atomic E-state index is 0.729. The molecule has 3 aromatic carbocycles. The van der Waals surface area contributed by atoms with Gasteiger partial charge in [0.2, 0.25) is 0 Å². The van der Waals surface area contributed by atoms with E-state index in [1.54, 1.807) is 0 Å². The van der Waals surface area contributed by atoms with Crippen LogP contribution in [0.4, 0.5) is 0 Å². The zero-order valence-electron chi connectivity index (χ0n) is 13.0. The number of imidazole rings is 1. The summed E-state index contributed by atoms with van der Waals surface area (Å²) >= 11 is 5.94. The average Bonchev–Trinajstić information content (AvgIpc) is 3.06. The summed E-state index contributed by atoms with van der Waals surface area (Å²) in [6.45, 7) is 4.20. The Labute approximate surface area is 145 Å². The standard InChI is InChI=1S/C21H15ClN2/c1-14(16-10-12-18(22)13-11-16)15-6-8-17(9-7-15)21-23-19-4-2-3-5-20(19)24-21/h2-13H,1H2,(H,23,24). The van der Waals surface area contributed by atoms with E-state index >= 15 is 0 Å². The van der Waals surface area contributed by atoms with Crippen molar-refractivity contribution in [1.82, 2.24) is 9.97 Å². The fraction of sp³-hybridized carbons (Fsp3) is 0. The van der Waals surface area contributed by atoms with Gasteiger partial charge in [-0.15, -0.1) is 0 Å². The molecule has 0 spiro atoms. The molecule has 0 saturated carbocycles. The van der Waals surface area contributed by atoms with Crippen LogP contribution in [-0.4, -0.2) is 9.97 Å². The van der Waals surface area contributed by atoms with Gasteiger partial charge >= 0.3 is 0 Å². The second-order valence-corrected chi connectivity index (χ2v) is 6.10. The largest absolute Gasteiger partial charge is 0.338 e. The molecular formula is C21H15ClN2. The van der Waals surface area contributed by atoms with E-state index in [-0.39, 0.29) is 0 Å². The number of hydrogen-bond donors (Lipinski definition) is 1. The lowest BCUT2D eigenvalue weighted by Gasteiger charge is -2.07. The van der Waals surface area contributed by atoms with Gasteiger partial charge in [0.25, 0.3) is 0 Å². The number of H-pyrrole nitrogens is 1. The molecule has 0 bridgehead atoms. The van der Waals surface area contributed by atoms with Crippen LogP contribution in [0.25, 0.3) is 28.0 Å². The average molecular weight is 331 g/mol. The first kappa shape index (κ1) is 14.7. The number of para-hydroxylation sites is 2. The highest BCUT2D eigenvalue weighted by Crippen LogP contribution is 2.26. The molecule has 3 heteroatoms. The van der Waals surface area contributed by atoms with E-state index in [4.69, 9.17) is 11.6 Å². The molecule has 4 rings (SSSR count). The van der Waals surface area contributed by atoms with Gasteiger partial charge in [-0.25, -0.2) is 4.98 Å². The molecular weight excluding hydrogens is 316 g/mol. The monoisotopic (exact) mass is 330 g/mol. The molecule has 0 aliphatic heterocycles. The highest BCUT2D eigenvalue weighted by atomic mass is 35.5. The molecule has 0 unspecified atom stereocenters. The van der Waals surface area contributed by atoms with E-state index < -0.39 is 0 Å². The topological polar surface area (TPSA) is 28.7 Å². The minimum absolute atomic E-state index is 0.729. The van der Waals surface area contributed by atoms with Crippen LogP contribution >= 0.6 is 11.6 Å². The van der Waals surface area contributed by atoms with Crippen molar-refractivity contribution in [2.24, 2.45) is 0 Å². The van der Waals surface area contributed by atoms with Crippen molar-refractivity contribution in [3.63, 3.8) is 0 Å². The van der Waals surface area contributed by atoms with Gasteiger partial charge < -0.3 is 4.98 Å². The molecule has 116 valence electrons. The number of nitrogens with zero attached hydrogens (tertiary/aromatic N) is 1. The Bertz CT molecular complexity index is 979. The summed E-state index contributed by atoms with van der Waals surface area (Å²) in [6, 6.07) is 24.0. The van der Waals surface area contributed by atoms with Gasteiger partial charge in [-0.3, -0.25) is 0 Å². The third kappa shape index (κ3) is 2.72. The molecule has 0 aliphatic carbocycles. The van der Waals surface area contributed by atoms with Crippen molar-refractivity contribution in [2.75, 3.05) is 0 Å². The van der Waals surface area contributed by atoms with Gasteiger partial charge in [-0.1, -0.05) is 66.7 Å². The molecule has 0 saturated heterocycles. The van der Waals surface area contributed by atoms with Crippen LogP contribution in [0.15, 0.2) is 79.4 Å². The first-order valence-electron chi connectivity index (χ1n) is 7.71. The van der Waals surface area contributed by atoms with Crippen molar-refractivity contribution >= 4 is 28.2 Å². The van der Waals surface area contributed by atoms with Crippen LogP contribution in [0.3, 0.4) is 0 Å². The fourth-order valence-electron chi connectivity index (χ4n) is 2.74. The number of fused-ring (bicyclic) bond motifs is 1. The number of halogens is 1. The first-order chi connectivity index (χ1) is 11.7. The Hall–Kier alpha value is -2.84. The second kappa shape index (κ2) is 5.99. The summed E-state index contributed by atoms with van der Waals surface area (Å²) in [5, 5.41) is 0.729. The van der Waals surface area contributed by atoms with Crippen molar-refractivity contribution < 1.29 is 0 Å². The first-order valence-corrected chi connectivity index (χ1v) is 8.09. The second-order valence-electron chi connectivity index (χ2n) is 5.67. The fourth-order valence-corrected chi connectivity index (χ4v) is 2.86. The zero-order chi connectivity index (χ0) is 16.5. The Kier molecular flexibility index (Phi) is 3.68. The van der Waals surface area contributed by atoms with E-state index in [2.05, 4.69) is 40.8 Å². The Morgan fingerprint density at radius 2 is 1.46 bits per heavy atom. The van der Waals surface area contributed by atoms with E-state index in [9.17, 15) is 0 Å². The smallest absolute Gasteiger partial charge is 0.138 e. The summed E-state index contributed by atoms with van der Waals surface area (Å²) in [7, 11) is 0. The Morgan fingerprint density at radius 3 is 2.12 bits per heavy atom. The maximum absolute atomic E-state index is 5.94. The summed E-state index contributed by atoms with van der Waals surface area (Å²) in [5.41, 5.74) is 6.19. The number of aromatic nitrogens is 2. The maximum atomic E-state index is 5.94. The lowest BCUT2D eigenvalue weighted by atomic mass is 9.98. The predicted octanol–water partition coefficient (Wildman–Crippen LogP) is 5.94. The zero-order valence-corrected chi connectivity index (χ0v) is 13.7. The molecule has 1 heterocycles. The van der Waals surface area contributed by atoms with Gasteiger partial charge in [0.15, 0.2) is 0 Å². The van der Waals surface area contributed by atoms with Crippen LogP contribution in [0.2, 0.25) is 5.02 Å². The van der Waals surface area contributed by atoms with E-state index in [1.807, 2.05) is 48.5 Å². The number of nitrogens with one attached hydrogen (secondary N) is 1. The number of benzene rings is 3. The van der Waals surface area contributed by atoms with Crippen molar-refractivity contribution in [3.8, 4) is 11.4 Å². The maximum Gasteiger partial charge on any atom is 0.138 e. The summed E-state index contributed by atoms with van der Waals surface area (Å²) in [6.07, 6.45) is 0. The summed E-state index contributed by atoms with van der Waals surface area (Å²) in [4.78, 5) is 7.98. The molecule has 1 aromatic heterocycles. The van der Waals surface area contributed by atoms with Crippen LogP contribution in [0.1, 0.15) is 11.1 Å². The van der Waals surface area contributed by atoms with Crippen LogP contribution in [-0.2, 0) is 0 Å². The number of hydrogen-bond acceptors (Lipinski definition) is 1. The highest BCUT2D eigenvalue weighted by molar-refractivity contribution is 6.30. The van der Waals surface area contributed by atoms with E-state index in [1.165, 1.54) is 0 Å². The SMILES string of the molecule is C=C(c1ccc(Cl)cc1)c1ccc(-c2nc3ccccc3[nH]2)cc1. The van der Waals surface area contributed by atoms with E-state index in [0.717, 1.165) is 44.1 Å². The molecule has 0 atom stereocenters. The lowest BCUT2D eigenvalue weighted by molar-refractivity contribution is 1.33. The van der Waals surface area contributed by atoms with Crippen molar-refractivity contribution in [3.05, 3.63) is 95.5 Å². The van der Waals surface area contributed by atoms with Crippen LogP contribution < -0.4 is 0 Å². The molecule has 0 amide bonds.